The maximum Gasteiger partial charge on any atom is 0.237 e. The lowest BCUT2D eigenvalue weighted by Crippen LogP contribution is -2.15. The second-order valence-electron chi connectivity index (χ2n) is 3.28. The normalized spacial score (nSPS) is 11.3. The highest BCUT2D eigenvalue weighted by Crippen LogP contribution is 2.18. The van der Waals surface area contributed by atoms with Crippen LogP contribution in [-0.4, -0.2) is 21.0 Å². The summed E-state index contributed by atoms with van der Waals surface area (Å²) in [6.45, 7) is 0. The Morgan fingerprint density at radius 3 is 2.78 bits per heavy atom. The second kappa shape index (κ2) is 5.09. The highest BCUT2D eigenvalue weighted by Gasteiger charge is 2.04. The highest BCUT2D eigenvalue weighted by molar-refractivity contribution is 5.94. The molecule has 0 bridgehead atoms. The van der Waals surface area contributed by atoms with Crippen molar-refractivity contribution in [3.05, 3.63) is 48.2 Å². The monoisotopic (exact) mass is 248 g/mol. The van der Waals surface area contributed by atoms with Crippen molar-refractivity contribution in [2.24, 2.45) is 10.9 Å². The molecule has 0 fully saturated rings. The van der Waals surface area contributed by atoms with Gasteiger partial charge in [0.25, 0.3) is 0 Å². The number of oxime groups is 1. The fourth-order valence-electron chi connectivity index (χ4n) is 1.20. The van der Waals surface area contributed by atoms with Gasteiger partial charge in [-0.1, -0.05) is 11.2 Å². The molecular weight excluding hydrogens is 239 g/mol. The Morgan fingerprint density at radius 2 is 2.17 bits per heavy atom. The van der Waals surface area contributed by atoms with Crippen LogP contribution in [0.5, 0.6) is 11.6 Å². The van der Waals surface area contributed by atoms with E-state index in [-0.39, 0.29) is 17.4 Å². The van der Waals surface area contributed by atoms with Crippen molar-refractivity contribution < 1.29 is 14.3 Å². The lowest BCUT2D eigenvalue weighted by molar-refractivity contribution is 0.318. The first-order chi connectivity index (χ1) is 8.69. The third-order valence-corrected chi connectivity index (χ3v) is 2.02. The van der Waals surface area contributed by atoms with Gasteiger partial charge in [-0.25, -0.2) is 14.4 Å². The number of halogens is 1. The summed E-state index contributed by atoms with van der Waals surface area (Å²) in [5, 5.41) is 11.2. The predicted octanol–water partition coefficient (Wildman–Crippen LogP) is 1.50. The number of nitrogens with zero attached hydrogens (tertiary/aromatic N) is 3. The molecule has 0 spiro atoms. The minimum atomic E-state index is -0.409. The first kappa shape index (κ1) is 11.8. The molecule has 2 rings (SSSR count). The van der Waals surface area contributed by atoms with Gasteiger partial charge < -0.3 is 15.7 Å². The molecule has 18 heavy (non-hydrogen) atoms. The van der Waals surface area contributed by atoms with Gasteiger partial charge in [0.1, 0.15) is 17.3 Å². The predicted molar refractivity (Wildman–Crippen MR) is 61.0 cm³/mol. The molecule has 0 radical (unpaired) electrons. The van der Waals surface area contributed by atoms with Crippen LogP contribution >= 0.6 is 0 Å². The summed E-state index contributed by atoms with van der Waals surface area (Å²) in [7, 11) is 0. The van der Waals surface area contributed by atoms with E-state index in [1.54, 1.807) is 6.07 Å². The van der Waals surface area contributed by atoms with Crippen LogP contribution in [0.15, 0.2) is 41.8 Å². The van der Waals surface area contributed by atoms with Crippen LogP contribution < -0.4 is 10.5 Å². The quantitative estimate of drug-likeness (QED) is 0.371. The Hall–Kier alpha value is -2.70. The fraction of sp³-hybridized carbons (Fsp3) is 0. The number of benzene rings is 1. The first-order valence-corrected chi connectivity index (χ1v) is 4.92. The Bertz CT molecular complexity index is 572. The van der Waals surface area contributed by atoms with E-state index in [2.05, 4.69) is 15.1 Å². The molecule has 92 valence electrons. The van der Waals surface area contributed by atoms with Gasteiger partial charge in [-0.15, -0.1) is 0 Å². The summed E-state index contributed by atoms with van der Waals surface area (Å²) >= 11 is 0. The van der Waals surface area contributed by atoms with Gasteiger partial charge in [0.15, 0.2) is 5.84 Å². The van der Waals surface area contributed by atoms with Gasteiger partial charge in [0.2, 0.25) is 5.88 Å². The van der Waals surface area contributed by atoms with Gasteiger partial charge in [-0.05, 0) is 12.1 Å². The molecule has 0 atom stereocenters. The maximum absolute atomic E-state index is 12.9. The molecule has 2 aromatic rings. The van der Waals surface area contributed by atoms with E-state index in [1.165, 1.54) is 30.6 Å². The fourth-order valence-corrected chi connectivity index (χ4v) is 1.20. The van der Waals surface area contributed by atoms with Crippen molar-refractivity contribution in [3.8, 4) is 11.6 Å². The Kier molecular flexibility index (Phi) is 3.33. The van der Waals surface area contributed by atoms with Gasteiger partial charge >= 0.3 is 0 Å². The van der Waals surface area contributed by atoms with Crippen LogP contribution in [-0.2, 0) is 0 Å². The average Bonchev–Trinajstić information content (AvgIpc) is 2.39. The Morgan fingerprint density at radius 1 is 1.33 bits per heavy atom. The molecule has 0 aliphatic carbocycles. The molecule has 3 N–H and O–H groups in total. The van der Waals surface area contributed by atoms with Crippen LogP contribution in [0.2, 0.25) is 0 Å². The van der Waals surface area contributed by atoms with E-state index in [4.69, 9.17) is 15.7 Å². The summed E-state index contributed by atoms with van der Waals surface area (Å²) in [5.74, 6) is -0.0792. The highest BCUT2D eigenvalue weighted by atomic mass is 19.1. The third kappa shape index (κ3) is 2.70. The number of amidine groups is 1. The Labute approximate surface area is 102 Å². The zero-order valence-corrected chi connectivity index (χ0v) is 9.12. The number of hydrogen-bond acceptors (Lipinski definition) is 5. The summed E-state index contributed by atoms with van der Waals surface area (Å²) < 4.78 is 18.2. The lowest BCUT2D eigenvalue weighted by Gasteiger charge is -2.04. The molecule has 1 heterocycles. The molecule has 0 aliphatic heterocycles. The number of rotatable bonds is 3. The topological polar surface area (TPSA) is 93.6 Å². The minimum absolute atomic E-state index is 0.153. The zero-order chi connectivity index (χ0) is 13.0. The molecule has 0 unspecified atom stereocenters. The minimum Gasteiger partial charge on any atom is -0.437 e. The first-order valence-electron chi connectivity index (χ1n) is 4.92. The van der Waals surface area contributed by atoms with Crippen LogP contribution in [0.25, 0.3) is 0 Å². The molecule has 0 aliphatic rings. The van der Waals surface area contributed by atoms with Gasteiger partial charge in [-0.2, -0.15) is 0 Å². The molecule has 6 nitrogen and oxygen atoms in total. The van der Waals surface area contributed by atoms with E-state index in [1.807, 2.05) is 0 Å². The number of ether oxygens (including phenoxy) is 1. The van der Waals surface area contributed by atoms with E-state index in [0.717, 1.165) is 0 Å². The number of aromatic nitrogens is 2. The molecular formula is C11H9FN4O2. The standard InChI is InChI=1S/C11H9FN4O2/c12-7-2-1-3-8(4-7)18-10-6-14-9(5-15-10)11(13)16-17/h1-6,17H,(H2,13,16). The van der Waals surface area contributed by atoms with Crippen molar-refractivity contribution in [2.45, 2.75) is 0 Å². The van der Waals surface area contributed by atoms with Crippen molar-refractivity contribution in [2.75, 3.05) is 0 Å². The Balaban J connectivity index is 2.16. The molecule has 1 aromatic heterocycles. The average molecular weight is 248 g/mol. The van der Waals surface area contributed by atoms with Crippen molar-refractivity contribution in [3.63, 3.8) is 0 Å². The molecule has 1 aromatic carbocycles. The van der Waals surface area contributed by atoms with Gasteiger partial charge in [0.05, 0.1) is 12.4 Å². The van der Waals surface area contributed by atoms with Crippen LogP contribution in [0.1, 0.15) is 5.69 Å². The largest absolute Gasteiger partial charge is 0.437 e. The van der Waals surface area contributed by atoms with E-state index < -0.39 is 5.82 Å². The SMILES string of the molecule is NC(=NO)c1cnc(Oc2cccc(F)c2)cn1. The van der Waals surface area contributed by atoms with Gasteiger partial charge in [-0.3, -0.25) is 0 Å². The summed E-state index contributed by atoms with van der Waals surface area (Å²) in [4.78, 5) is 7.76. The summed E-state index contributed by atoms with van der Waals surface area (Å²) in [6.07, 6.45) is 2.57. The maximum atomic E-state index is 12.9. The van der Waals surface area contributed by atoms with E-state index in [0.29, 0.717) is 5.75 Å². The third-order valence-electron chi connectivity index (χ3n) is 2.02. The molecule has 0 saturated carbocycles. The van der Waals surface area contributed by atoms with Crippen molar-refractivity contribution >= 4 is 5.84 Å². The van der Waals surface area contributed by atoms with Gasteiger partial charge in [0, 0.05) is 6.07 Å². The summed E-state index contributed by atoms with van der Waals surface area (Å²) in [5.41, 5.74) is 5.54. The van der Waals surface area contributed by atoms with Crippen molar-refractivity contribution in [1.82, 2.24) is 9.97 Å². The van der Waals surface area contributed by atoms with E-state index in [9.17, 15) is 4.39 Å². The lowest BCUT2D eigenvalue weighted by atomic mass is 10.3. The molecule has 0 amide bonds. The summed E-state index contributed by atoms with van der Waals surface area (Å²) in [6, 6.07) is 5.63. The second-order valence-corrected chi connectivity index (χ2v) is 3.28. The molecule has 7 heteroatoms. The van der Waals surface area contributed by atoms with Crippen molar-refractivity contribution in [1.29, 1.82) is 0 Å². The molecule has 0 saturated heterocycles. The van der Waals surface area contributed by atoms with Crippen LogP contribution in [0, 0.1) is 5.82 Å². The smallest absolute Gasteiger partial charge is 0.237 e. The van der Waals surface area contributed by atoms with Crippen LogP contribution in [0.3, 0.4) is 0 Å². The zero-order valence-electron chi connectivity index (χ0n) is 9.12. The van der Waals surface area contributed by atoms with E-state index >= 15 is 0 Å². The number of hydrogen-bond donors (Lipinski definition) is 2. The van der Waals surface area contributed by atoms with Crippen LogP contribution in [0.4, 0.5) is 4.39 Å². The number of nitrogens with two attached hydrogens (primary N) is 1.